The van der Waals surface area contributed by atoms with E-state index in [-0.39, 0.29) is 35.3 Å². The second kappa shape index (κ2) is 8.68. The number of amides is 4. The summed E-state index contributed by atoms with van der Waals surface area (Å²) in [6.07, 6.45) is 2.71. The molecule has 38 heavy (non-hydrogen) atoms. The van der Waals surface area contributed by atoms with Gasteiger partial charge in [0.25, 0.3) is 0 Å². The first-order valence-electron chi connectivity index (χ1n) is 13.6. The van der Waals surface area contributed by atoms with Crippen LogP contribution in [0.3, 0.4) is 0 Å². The van der Waals surface area contributed by atoms with E-state index >= 15 is 0 Å². The average Bonchev–Trinajstić information content (AvgIpc) is 3.23. The summed E-state index contributed by atoms with van der Waals surface area (Å²) in [5.74, 6) is -4.03. The van der Waals surface area contributed by atoms with E-state index in [4.69, 9.17) is 4.74 Å². The number of carbonyl (C=O) groups is 4. The molecule has 0 aromatic heterocycles. The first-order chi connectivity index (χ1) is 17.7. The monoisotopic (exact) mass is 522 g/mol. The van der Waals surface area contributed by atoms with Crippen molar-refractivity contribution in [3.8, 4) is 11.5 Å². The number of phenols is 1. The summed E-state index contributed by atoms with van der Waals surface area (Å²) < 4.78 is 5.65. The number of benzene rings is 1. The molecule has 0 spiro atoms. The van der Waals surface area contributed by atoms with Gasteiger partial charge < -0.3 is 9.84 Å². The molecule has 6 unspecified atom stereocenters. The van der Waals surface area contributed by atoms with Gasteiger partial charge in [-0.15, -0.1) is 0 Å². The van der Waals surface area contributed by atoms with Crippen molar-refractivity contribution in [2.75, 3.05) is 6.61 Å². The van der Waals surface area contributed by atoms with E-state index < -0.39 is 40.7 Å². The second-order valence-corrected chi connectivity index (χ2v) is 13.0. The zero-order valence-corrected chi connectivity index (χ0v) is 23.3. The third-order valence-corrected chi connectivity index (χ3v) is 8.66. The van der Waals surface area contributed by atoms with Crippen molar-refractivity contribution in [3.05, 3.63) is 35.4 Å². The normalized spacial score (nSPS) is 31.3. The fourth-order valence-electron chi connectivity index (χ4n) is 7.32. The summed E-state index contributed by atoms with van der Waals surface area (Å²) in [4.78, 5) is 57.7. The highest BCUT2D eigenvalue weighted by Gasteiger charge is 2.63. The van der Waals surface area contributed by atoms with Crippen LogP contribution < -0.4 is 4.74 Å². The van der Waals surface area contributed by atoms with Crippen LogP contribution in [0, 0.1) is 29.6 Å². The molecule has 6 atom stereocenters. The summed E-state index contributed by atoms with van der Waals surface area (Å²) in [5, 5.41) is 11.3. The second-order valence-electron chi connectivity index (χ2n) is 13.0. The van der Waals surface area contributed by atoms with Crippen molar-refractivity contribution in [1.82, 2.24) is 9.80 Å². The molecule has 4 aliphatic rings. The maximum absolute atomic E-state index is 13.9. The molecule has 1 aromatic carbocycles. The summed E-state index contributed by atoms with van der Waals surface area (Å²) in [7, 11) is 0. The highest BCUT2D eigenvalue weighted by molar-refractivity contribution is 6.08. The molecule has 3 fully saturated rings. The number of nitrogens with zero attached hydrogens (tertiary/aromatic N) is 2. The first-order valence-corrected chi connectivity index (χ1v) is 13.6. The van der Waals surface area contributed by atoms with Crippen LogP contribution in [0.5, 0.6) is 11.5 Å². The summed E-state index contributed by atoms with van der Waals surface area (Å²) in [5.41, 5.74) is 0.0105. The van der Waals surface area contributed by atoms with Crippen LogP contribution in [-0.4, -0.2) is 56.2 Å². The molecule has 0 bridgehead atoms. The molecule has 1 saturated carbocycles. The van der Waals surface area contributed by atoms with Crippen LogP contribution in [0.2, 0.25) is 0 Å². The Labute approximate surface area is 224 Å². The molecule has 1 aromatic rings. The van der Waals surface area contributed by atoms with Crippen LogP contribution in [0.15, 0.2) is 29.8 Å². The van der Waals surface area contributed by atoms with Crippen LogP contribution in [0.1, 0.15) is 72.8 Å². The molecule has 2 aliphatic carbocycles. The molecule has 5 rings (SSSR count). The number of fused-ring (bicyclic) bond motifs is 4. The zero-order chi connectivity index (χ0) is 27.9. The smallest absolute Gasteiger partial charge is 0.234 e. The SMILES string of the molecule is CCOc1cccc(C2C3=CCC4C(=O)N(C(C)(C)C)C(=O)C4C3CC3C(=O)N(C(C)(C)C)C(=O)C32)c1O. The Hall–Kier alpha value is -3.16. The van der Waals surface area contributed by atoms with E-state index in [2.05, 4.69) is 0 Å². The van der Waals surface area contributed by atoms with Gasteiger partial charge in [-0.2, -0.15) is 0 Å². The Balaban J connectivity index is 1.68. The molecule has 4 amide bonds. The lowest BCUT2D eigenvalue weighted by molar-refractivity contribution is -0.147. The molecule has 0 radical (unpaired) electrons. The summed E-state index contributed by atoms with van der Waals surface area (Å²) in [6.45, 7) is 13.3. The predicted molar refractivity (Wildman–Crippen MR) is 140 cm³/mol. The molecule has 1 N–H and O–H groups in total. The minimum atomic E-state index is -0.713. The average molecular weight is 523 g/mol. The topological polar surface area (TPSA) is 104 Å². The number of allylic oxidation sites excluding steroid dienone is 2. The van der Waals surface area contributed by atoms with Crippen molar-refractivity contribution in [2.24, 2.45) is 29.6 Å². The highest BCUT2D eigenvalue weighted by atomic mass is 16.5. The van der Waals surface area contributed by atoms with Gasteiger partial charge in [-0.3, -0.25) is 29.0 Å². The van der Waals surface area contributed by atoms with Gasteiger partial charge in [0.1, 0.15) is 0 Å². The van der Waals surface area contributed by atoms with E-state index in [0.29, 0.717) is 30.8 Å². The Morgan fingerprint density at radius 1 is 0.842 bits per heavy atom. The molecule has 2 heterocycles. The van der Waals surface area contributed by atoms with Crippen molar-refractivity contribution in [2.45, 2.75) is 78.3 Å². The van der Waals surface area contributed by atoms with E-state index in [0.717, 1.165) is 5.57 Å². The lowest BCUT2D eigenvalue weighted by atomic mass is 9.57. The number of hydrogen-bond donors (Lipinski definition) is 1. The Kier molecular flexibility index (Phi) is 6.04. The first kappa shape index (κ1) is 26.4. The van der Waals surface area contributed by atoms with Crippen molar-refractivity contribution in [3.63, 3.8) is 0 Å². The number of rotatable bonds is 3. The number of imide groups is 2. The van der Waals surface area contributed by atoms with Crippen molar-refractivity contribution >= 4 is 23.6 Å². The van der Waals surface area contributed by atoms with Crippen LogP contribution in [-0.2, 0) is 19.2 Å². The van der Waals surface area contributed by atoms with Crippen molar-refractivity contribution in [1.29, 1.82) is 0 Å². The molecule has 8 nitrogen and oxygen atoms in total. The highest BCUT2D eigenvalue weighted by Crippen LogP contribution is 2.60. The van der Waals surface area contributed by atoms with Gasteiger partial charge in [-0.05, 0) is 73.3 Å². The van der Waals surface area contributed by atoms with E-state index in [1.165, 1.54) is 9.80 Å². The number of aromatic hydroxyl groups is 1. The van der Waals surface area contributed by atoms with Gasteiger partial charge in [0, 0.05) is 22.6 Å². The van der Waals surface area contributed by atoms with Gasteiger partial charge in [0.05, 0.1) is 30.3 Å². The zero-order valence-electron chi connectivity index (χ0n) is 23.3. The fraction of sp³-hybridized carbons (Fsp3) is 0.600. The molecule has 2 aliphatic heterocycles. The fourth-order valence-corrected chi connectivity index (χ4v) is 7.32. The Bertz CT molecular complexity index is 1250. The Morgan fingerprint density at radius 3 is 2.00 bits per heavy atom. The largest absolute Gasteiger partial charge is 0.504 e. The molecule has 2 saturated heterocycles. The number of hydrogen-bond acceptors (Lipinski definition) is 6. The quantitative estimate of drug-likeness (QED) is 0.475. The minimum Gasteiger partial charge on any atom is -0.504 e. The lowest BCUT2D eigenvalue weighted by Crippen LogP contribution is -2.47. The van der Waals surface area contributed by atoms with E-state index in [1.54, 1.807) is 18.2 Å². The number of carbonyl (C=O) groups excluding carboxylic acids is 4. The molecular formula is C30H38N2O6. The third-order valence-electron chi connectivity index (χ3n) is 8.66. The van der Waals surface area contributed by atoms with Crippen LogP contribution in [0.25, 0.3) is 0 Å². The molecular weight excluding hydrogens is 484 g/mol. The maximum Gasteiger partial charge on any atom is 0.234 e. The minimum absolute atomic E-state index is 0.0543. The van der Waals surface area contributed by atoms with Gasteiger partial charge in [0.2, 0.25) is 23.6 Å². The number of likely N-dealkylation sites (tertiary alicyclic amines) is 2. The predicted octanol–water partition coefficient (Wildman–Crippen LogP) is 4.02. The van der Waals surface area contributed by atoms with Gasteiger partial charge in [-0.25, -0.2) is 0 Å². The number of ether oxygens (including phenoxy) is 1. The van der Waals surface area contributed by atoms with Gasteiger partial charge >= 0.3 is 0 Å². The molecule has 8 heteroatoms. The summed E-state index contributed by atoms with van der Waals surface area (Å²) >= 11 is 0. The van der Waals surface area contributed by atoms with E-state index in [1.807, 2.05) is 54.5 Å². The third kappa shape index (κ3) is 3.70. The maximum atomic E-state index is 13.9. The van der Waals surface area contributed by atoms with Gasteiger partial charge in [0.15, 0.2) is 11.5 Å². The van der Waals surface area contributed by atoms with Crippen LogP contribution >= 0.6 is 0 Å². The van der Waals surface area contributed by atoms with Crippen molar-refractivity contribution < 1.29 is 29.0 Å². The number of para-hydroxylation sites is 1. The number of phenolic OH excluding ortho intramolecular Hbond substituents is 1. The standard InChI is InChI=1S/C30H38N2O6/c1-8-38-20-11-9-10-16(24(20)33)21-15-12-13-17-22(27(36)31(25(17)34)29(2,3)4)18(15)14-19-23(21)28(37)32(26(19)35)30(5,6)7/h9-12,17-19,21-23,33H,8,13-14H2,1-7H3. The van der Waals surface area contributed by atoms with Crippen LogP contribution in [0.4, 0.5) is 0 Å². The van der Waals surface area contributed by atoms with Gasteiger partial charge in [-0.1, -0.05) is 23.8 Å². The lowest BCUT2D eigenvalue weighted by Gasteiger charge is -2.44. The molecule has 204 valence electrons. The summed E-state index contributed by atoms with van der Waals surface area (Å²) in [6, 6.07) is 5.23. The van der Waals surface area contributed by atoms with E-state index in [9.17, 15) is 24.3 Å². The Morgan fingerprint density at radius 2 is 1.42 bits per heavy atom.